The number of H-pyrrole nitrogens is 1. The molecule has 9 heteroatoms. The lowest BCUT2D eigenvalue weighted by Crippen LogP contribution is -2.48. The van der Waals surface area contributed by atoms with Gasteiger partial charge in [-0.1, -0.05) is 30.3 Å². The Morgan fingerprint density at radius 2 is 1.90 bits per heavy atom. The number of rotatable bonds is 7. The number of amides is 2. The molecule has 1 atom stereocenters. The van der Waals surface area contributed by atoms with Crippen molar-refractivity contribution in [2.24, 2.45) is 0 Å². The molecule has 9 nitrogen and oxygen atoms in total. The Morgan fingerprint density at radius 3 is 2.66 bits per heavy atom. The van der Waals surface area contributed by atoms with E-state index in [4.69, 9.17) is 5.26 Å². The summed E-state index contributed by atoms with van der Waals surface area (Å²) in [6.07, 6.45) is 1.89. The highest BCUT2D eigenvalue weighted by Crippen LogP contribution is 2.20. The third-order valence-electron chi connectivity index (χ3n) is 4.41. The van der Waals surface area contributed by atoms with Crippen LogP contribution in [0, 0.1) is 21.4 Å². The van der Waals surface area contributed by atoms with Gasteiger partial charge < -0.3 is 15.6 Å². The number of carbonyl (C=O) groups excluding carboxylic acids is 2. The van der Waals surface area contributed by atoms with E-state index >= 15 is 0 Å². The SMILES string of the molecule is N#CCNC(=O)C(Cc1c[nH]c2ccccc12)NC(=O)c1ccccc1[N+](=O)[O-]. The molecule has 2 amide bonds. The van der Waals surface area contributed by atoms with E-state index in [0.29, 0.717) is 0 Å². The third kappa shape index (κ3) is 4.39. The van der Waals surface area contributed by atoms with E-state index in [9.17, 15) is 19.7 Å². The van der Waals surface area contributed by atoms with Crippen molar-refractivity contribution in [3.8, 4) is 6.07 Å². The van der Waals surface area contributed by atoms with Crippen LogP contribution in [0.3, 0.4) is 0 Å². The van der Waals surface area contributed by atoms with Crippen LogP contribution in [0.1, 0.15) is 15.9 Å². The van der Waals surface area contributed by atoms with E-state index < -0.39 is 22.8 Å². The molecule has 0 saturated heterocycles. The van der Waals surface area contributed by atoms with Gasteiger partial charge in [0.05, 0.1) is 11.0 Å². The summed E-state index contributed by atoms with van der Waals surface area (Å²) in [6, 6.07) is 13.8. The fourth-order valence-corrected chi connectivity index (χ4v) is 3.04. The van der Waals surface area contributed by atoms with Crippen LogP contribution in [0.4, 0.5) is 5.69 Å². The maximum absolute atomic E-state index is 12.7. The standard InChI is InChI=1S/C20H17N5O4/c21-9-10-22-20(27)17(11-13-12-23-16-7-3-1-5-14(13)16)24-19(26)15-6-2-4-8-18(15)25(28)29/h1-8,12,17,23H,10-11H2,(H,22,27)(H,24,26). The molecule has 1 unspecified atom stereocenters. The van der Waals surface area contributed by atoms with Crippen LogP contribution in [0.15, 0.2) is 54.7 Å². The van der Waals surface area contributed by atoms with Crippen molar-refractivity contribution in [3.05, 3.63) is 76.0 Å². The first kappa shape index (κ1) is 19.6. The van der Waals surface area contributed by atoms with Crippen LogP contribution in [0.5, 0.6) is 0 Å². The number of hydrogen-bond acceptors (Lipinski definition) is 5. The van der Waals surface area contributed by atoms with Gasteiger partial charge in [-0.15, -0.1) is 0 Å². The molecule has 1 heterocycles. The zero-order valence-corrected chi connectivity index (χ0v) is 15.2. The number of nitro benzene ring substituents is 1. The molecule has 0 radical (unpaired) electrons. The van der Waals surface area contributed by atoms with Crippen LogP contribution in [0.2, 0.25) is 0 Å². The maximum Gasteiger partial charge on any atom is 0.282 e. The monoisotopic (exact) mass is 391 g/mol. The number of benzene rings is 2. The van der Waals surface area contributed by atoms with E-state index in [0.717, 1.165) is 16.5 Å². The lowest BCUT2D eigenvalue weighted by atomic mass is 10.0. The number of para-hydroxylation sites is 2. The summed E-state index contributed by atoms with van der Waals surface area (Å²) in [7, 11) is 0. The van der Waals surface area contributed by atoms with Gasteiger partial charge in [0, 0.05) is 29.6 Å². The van der Waals surface area contributed by atoms with Crippen molar-refractivity contribution in [3.63, 3.8) is 0 Å². The van der Waals surface area contributed by atoms with Crippen LogP contribution in [-0.4, -0.2) is 34.3 Å². The second kappa shape index (κ2) is 8.67. The maximum atomic E-state index is 12.7. The van der Waals surface area contributed by atoms with Gasteiger partial charge in [0.25, 0.3) is 11.6 Å². The van der Waals surface area contributed by atoms with E-state index in [1.165, 1.54) is 24.3 Å². The van der Waals surface area contributed by atoms with Gasteiger partial charge in [-0.25, -0.2) is 0 Å². The molecule has 3 rings (SSSR count). The third-order valence-corrected chi connectivity index (χ3v) is 4.41. The molecule has 0 spiro atoms. The number of hydrogen-bond donors (Lipinski definition) is 3. The smallest absolute Gasteiger partial charge is 0.282 e. The minimum absolute atomic E-state index is 0.144. The number of nitrogens with one attached hydrogen (secondary N) is 3. The largest absolute Gasteiger partial charge is 0.361 e. The summed E-state index contributed by atoms with van der Waals surface area (Å²) >= 11 is 0. The summed E-state index contributed by atoms with van der Waals surface area (Å²) in [5.41, 5.74) is 1.17. The topological polar surface area (TPSA) is 141 Å². The quantitative estimate of drug-likeness (QED) is 0.321. The first-order valence-corrected chi connectivity index (χ1v) is 8.75. The van der Waals surface area contributed by atoms with Crippen molar-refractivity contribution in [2.45, 2.75) is 12.5 Å². The second-order valence-electron chi connectivity index (χ2n) is 6.24. The first-order valence-electron chi connectivity index (χ1n) is 8.75. The average molecular weight is 391 g/mol. The highest BCUT2D eigenvalue weighted by Gasteiger charge is 2.26. The fraction of sp³-hybridized carbons (Fsp3) is 0.150. The Morgan fingerprint density at radius 1 is 1.17 bits per heavy atom. The minimum atomic E-state index is -1.02. The molecule has 1 aromatic heterocycles. The molecule has 0 aliphatic heterocycles. The zero-order valence-electron chi connectivity index (χ0n) is 15.2. The summed E-state index contributed by atoms with van der Waals surface area (Å²) in [5.74, 6) is -1.29. The zero-order chi connectivity index (χ0) is 20.8. The Balaban J connectivity index is 1.88. The predicted molar refractivity (Wildman–Crippen MR) is 105 cm³/mol. The lowest BCUT2D eigenvalue weighted by Gasteiger charge is -2.17. The van der Waals surface area contributed by atoms with Crippen LogP contribution in [0.25, 0.3) is 10.9 Å². The summed E-state index contributed by atoms with van der Waals surface area (Å²) in [5, 5.41) is 25.8. The number of nitro groups is 1. The Bertz CT molecular complexity index is 1120. The molecule has 0 aliphatic rings. The number of nitrogens with zero attached hydrogens (tertiary/aromatic N) is 2. The predicted octanol–water partition coefficient (Wildman–Crippen LogP) is 2.06. The number of fused-ring (bicyclic) bond motifs is 1. The first-order chi connectivity index (χ1) is 14.0. The second-order valence-corrected chi connectivity index (χ2v) is 6.24. The molecule has 0 saturated carbocycles. The van der Waals surface area contributed by atoms with Crippen LogP contribution in [-0.2, 0) is 11.2 Å². The van der Waals surface area contributed by atoms with Crippen molar-refractivity contribution in [2.75, 3.05) is 6.54 Å². The van der Waals surface area contributed by atoms with Crippen molar-refractivity contribution >= 4 is 28.4 Å². The molecule has 146 valence electrons. The molecule has 3 aromatic rings. The Kier molecular flexibility index (Phi) is 5.85. The molecule has 0 aliphatic carbocycles. The van der Waals surface area contributed by atoms with Gasteiger partial charge in [-0.3, -0.25) is 19.7 Å². The average Bonchev–Trinajstić information content (AvgIpc) is 3.14. The van der Waals surface area contributed by atoms with Crippen molar-refractivity contribution in [1.29, 1.82) is 5.26 Å². The highest BCUT2D eigenvalue weighted by molar-refractivity contribution is 6.00. The van der Waals surface area contributed by atoms with Gasteiger partial charge in [-0.05, 0) is 17.7 Å². The summed E-state index contributed by atoms with van der Waals surface area (Å²) < 4.78 is 0. The highest BCUT2D eigenvalue weighted by atomic mass is 16.6. The molecule has 0 bridgehead atoms. The Labute approximate surface area is 165 Å². The van der Waals surface area contributed by atoms with Gasteiger partial charge in [-0.2, -0.15) is 5.26 Å². The van der Waals surface area contributed by atoms with E-state index in [2.05, 4.69) is 15.6 Å². The lowest BCUT2D eigenvalue weighted by molar-refractivity contribution is -0.385. The molecule has 2 aromatic carbocycles. The van der Waals surface area contributed by atoms with Gasteiger partial charge in [0.2, 0.25) is 5.91 Å². The minimum Gasteiger partial charge on any atom is -0.361 e. The van der Waals surface area contributed by atoms with Crippen LogP contribution < -0.4 is 10.6 Å². The van der Waals surface area contributed by atoms with Gasteiger partial charge in [0.15, 0.2) is 0 Å². The van der Waals surface area contributed by atoms with Gasteiger partial charge >= 0.3 is 0 Å². The Hall–Kier alpha value is -4.19. The van der Waals surface area contributed by atoms with E-state index in [1.807, 2.05) is 30.3 Å². The number of carbonyl (C=O) groups is 2. The van der Waals surface area contributed by atoms with E-state index in [1.54, 1.807) is 6.20 Å². The van der Waals surface area contributed by atoms with Crippen LogP contribution >= 0.6 is 0 Å². The summed E-state index contributed by atoms with van der Waals surface area (Å²) in [6.45, 7) is -0.218. The number of aromatic nitrogens is 1. The number of nitriles is 1. The molecular formula is C20H17N5O4. The molecule has 3 N–H and O–H groups in total. The van der Waals surface area contributed by atoms with E-state index in [-0.39, 0.29) is 24.2 Å². The summed E-state index contributed by atoms with van der Waals surface area (Å²) in [4.78, 5) is 38.9. The number of aromatic amines is 1. The van der Waals surface area contributed by atoms with Crippen molar-refractivity contribution < 1.29 is 14.5 Å². The molecular weight excluding hydrogens is 374 g/mol. The molecule has 29 heavy (non-hydrogen) atoms. The molecule has 0 fully saturated rings. The normalized spacial score (nSPS) is 11.4. The fourth-order valence-electron chi connectivity index (χ4n) is 3.04. The van der Waals surface area contributed by atoms with Gasteiger partial charge in [0.1, 0.15) is 18.2 Å². The van der Waals surface area contributed by atoms with Crippen molar-refractivity contribution in [1.82, 2.24) is 15.6 Å².